The zero-order valence-corrected chi connectivity index (χ0v) is 59.8. The lowest BCUT2D eigenvalue weighted by Crippen LogP contribution is -2.30. The van der Waals surface area contributed by atoms with Crippen LogP contribution < -0.4 is 4.74 Å². The number of azo groups is 1. The summed E-state index contributed by atoms with van der Waals surface area (Å²) < 4.78 is 25.7. The summed E-state index contributed by atoms with van der Waals surface area (Å²) in [6, 6.07) is 75.9. The maximum Gasteiger partial charge on any atom is 0.330 e. The first-order chi connectivity index (χ1) is 50.7. The molecule has 0 aliphatic heterocycles. The van der Waals surface area contributed by atoms with Gasteiger partial charge in [0.1, 0.15) is 32.2 Å². The Kier molecular flexibility index (Phi) is 33.1. The molecule has 104 heavy (non-hydrogen) atoms. The van der Waals surface area contributed by atoms with E-state index in [-0.39, 0.29) is 31.8 Å². The summed E-state index contributed by atoms with van der Waals surface area (Å²) in [7, 11) is 0. The number of rotatable bonds is 29. The number of esters is 4. The van der Waals surface area contributed by atoms with Crippen molar-refractivity contribution in [3.8, 4) is 51.3 Å². The Hall–Kier alpha value is -12.1. The van der Waals surface area contributed by atoms with Gasteiger partial charge in [0, 0.05) is 30.5 Å². The van der Waals surface area contributed by atoms with Crippen LogP contribution in [-0.4, -0.2) is 36.7 Å². The lowest BCUT2D eigenvalue weighted by atomic mass is 9.67. The highest BCUT2D eigenvalue weighted by Gasteiger charge is 2.37. The Morgan fingerprint density at radius 3 is 1.18 bits per heavy atom. The van der Waals surface area contributed by atoms with Crippen LogP contribution in [0.15, 0.2) is 284 Å². The SMILES string of the molecule is C=CC(=O)OCc1ccc(-c2ccc(-c3ccc(C#N)cc3)cc2)cc1.C=CC(=O)OCc1ccc(-c2ccc(C3(C#N)CCC(CCC)CC3)cc2)cc1.C=CC(=O)OCc1ccc(C=Nc2ccc(CCCC)cc2)cc1.C=CC(=O)OCc1ccc(N=Nc2ccc(OCCCC)cc2)cc1. The smallest absolute Gasteiger partial charge is 0.330 e. The summed E-state index contributed by atoms with van der Waals surface area (Å²) in [5, 5.41) is 27.2. The number of aryl methyl sites for hydroxylation is 1. The Morgan fingerprint density at radius 1 is 0.442 bits per heavy atom. The van der Waals surface area contributed by atoms with E-state index in [1.165, 1.54) is 37.3 Å². The van der Waals surface area contributed by atoms with Crippen molar-refractivity contribution in [2.75, 3.05) is 6.61 Å². The molecule has 1 fully saturated rings. The number of unbranched alkanes of at least 4 members (excludes halogenated alkanes) is 2. The number of ether oxygens (including phenoxy) is 5. The van der Waals surface area contributed by atoms with Gasteiger partial charge in [-0.15, -0.1) is 0 Å². The molecule has 530 valence electrons. The molecule has 1 saturated carbocycles. The van der Waals surface area contributed by atoms with Crippen molar-refractivity contribution < 1.29 is 42.9 Å². The summed E-state index contributed by atoms with van der Waals surface area (Å²) in [5.41, 5.74) is 16.5. The summed E-state index contributed by atoms with van der Waals surface area (Å²) in [4.78, 5) is 48.8. The highest BCUT2D eigenvalue weighted by molar-refractivity contribution is 5.83. The minimum atomic E-state index is -0.439. The number of aliphatic imine (C=N–C) groups is 1. The van der Waals surface area contributed by atoms with Crippen molar-refractivity contribution in [3.63, 3.8) is 0 Å². The van der Waals surface area contributed by atoms with E-state index in [9.17, 15) is 24.4 Å². The first-order valence-corrected chi connectivity index (χ1v) is 35.1. The van der Waals surface area contributed by atoms with Gasteiger partial charge >= 0.3 is 23.9 Å². The second kappa shape index (κ2) is 43.5. The van der Waals surface area contributed by atoms with E-state index in [1.807, 2.05) is 164 Å². The Labute approximate surface area is 613 Å². The maximum atomic E-state index is 11.2. The van der Waals surface area contributed by atoms with Crippen LogP contribution in [0.25, 0.3) is 33.4 Å². The molecular formula is C90H91N5O9. The predicted molar refractivity (Wildman–Crippen MR) is 414 cm³/mol. The molecule has 0 atom stereocenters. The van der Waals surface area contributed by atoms with E-state index in [0.29, 0.717) is 5.56 Å². The Morgan fingerprint density at radius 2 is 0.798 bits per heavy atom. The van der Waals surface area contributed by atoms with Crippen molar-refractivity contribution in [1.29, 1.82) is 10.5 Å². The minimum Gasteiger partial charge on any atom is -0.494 e. The van der Waals surface area contributed by atoms with Crippen LogP contribution in [0.2, 0.25) is 0 Å². The fourth-order valence-corrected chi connectivity index (χ4v) is 11.0. The van der Waals surface area contributed by atoms with Crippen LogP contribution in [0.4, 0.5) is 17.1 Å². The molecule has 0 spiro atoms. The third-order valence-electron chi connectivity index (χ3n) is 17.2. The molecule has 1 aliphatic rings. The molecule has 9 aromatic rings. The minimum absolute atomic E-state index is 0.210. The average Bonchev–Trinajstić information content (AvgIpc) is 1.04. The molecule has 0 heterocycles. The number of carbonyl (C=O) groups excluding carboxylic acids is 4. The van der Waals surface area contributed by atoms with Crippen LogP contribution in [0.1, 0.15) is 129 Å². The lowest BCUT2D eigenvalue weighted by molar-refractivity contribution is -0.139. The summed E-state index contributed by atoms with van der Waals surface area (Å²) in [5.74, 6) is -0.0722. The van der Waals surface area contributed by atoms with Gasteiger partial charge in [0.2, 0.25) is 0 Å². The second-order valence-corrected chi connectivity index (χ2v) is 24.7. The molecule has 10 rings (SSSR count). The highest BCUT2D eigenvalue weighted by Crippen LogP contribution is 2.43. The molecule has 14 nitrogen and oxygen atoms in total. The fraction of sp³-hybridized carbons (Fsp3) is 0.233. The van der Waals surface area contributed by atoms with Crippen molar-refractivity contribution in [2.45, 2.75) is 123 Å². The molecule has 14 heteroatoms. The first kappa shape index (κ1) is 79.2. The van der Waals surface area contributed by atoms with Gasteiger partial charge in [-0.3, -0.25) is 4.99 Å². The summed E-state index contributed by atoms with van der Waals surface area (Å²) >= 11 is 0. The van der Waals surface area contributed by atoms with Gasteiger partial charge in [-0.25, -0.2) is 19.2 Å². The number of nitriles is 2. The monoisotopic (exact) mass is 1390 g/mol. The van der Waals surface area contributed by atoms with Crippen molar-refractivity contribution in [1.82, 2.24) is 0 Å². The number of hydrogen-bond donors (Lipinski definition) is 0. The van der Waals surface area contributed by atoms with E-state index >= 15 is 0 Å². The van der Waals surface area contributed by atoms with Crippen molar-refractivity contribution in [2.24, 2.45) is 21.1 Å². The molecule has 0 amide bonds. The third-order valence-corrected chi connectivity index (χ3v) is 17.2. The first-order valence-electron chi connectivity index (χ1n) is 35.1. The van der Waals surface area contributed by atoms with Crippen molar-refractivity contribution >= 4 is 47.2 Å². The van der Waals surface area contributed by atoms with Gasteiger partial charge in [-0.2, -0.15) is 20.8 Å². The average molecular weight is 1390 g/mol. The van der Waals surface area contributed by atoms with E-state index in [0.717, 1.165) is 165 Å². The van der Waals surface area contributed by atoms with Gasteiger partial charge in [-0.05, 0) is 184 Å². The van der Waals surface area contributed by atoms with Gasteiger partial charge in [0.05, 0.1) is 46.8 Å². The fourth-order valence-electron chi connectivity index (χ4n) is 11.0. The van der Waals surface area contributed by atoms with Crippen molar-refractivity contribution in [3.05, 3.63) is 314 Å². The van der Waals surface area contributed by atoms with Gasteiger partial charge in [0.15, 0.2) is 0 Å². The van der Waals surface area contributed by atoms with Gasteiger partial charge < -0.3 is 23.7 Å². The zero-order chi connectivity index (χ0) is 74.2. The number of hydrogen-bond acceptors (Lipinski definition) is 14. The van der Waals surface area contributed by atoms with Crippen LogP contribution in [0.5, 0.6) is 5.75 Å². The summed E-state index contributed by atoms with van der Waals surface area (Å²) in [6.07, 6.45) is 18.9. The normalized spacial score (nSPS) is 13.4. The van der Waals surface area contributed by atoms with E-state index < -0.39 is 23.9 Å². The van der Waals surface area contributed by atoms with Crippen LogP contribution in [-0.2, 0) is 76.4 Å². The second-order valence-electron chi connectivity index (χ2n) is 24.7. The van der Waals surface area contributed by atoms with E-state index in [2.05, 4.69) is 135 Å². The predicted octanol–water partition coefficient (Wildman–Crippen LogP) is 22.0. The Balaban J connectivity index is 0.000000194. The molecule has 0 N–H and O–H groups in total. The Bertz CT molecular complexity index is 4340. The molecule has 1 aliphatic carbocycles. The topological polar surface area (TPSA) is 199 Å². The standard InChI is InChI=1S/C26H29NO2.C23H17NO2.C21H23NO2.C20H22N2O3/c1-3-5-20-14-16-26(19-27,17-15-20)24-12-10-23(11-13-24)22-8-6-21(7-9-22)18-29-25(28)4-2;1-2-23(25)26-16-18-5-9-20(10-6-18)22-13-11-21(12-14-22)19-7-3-17(15-24)4-8-19;1-3-5-6-17-11-13-20(14-12-17)22-15-18-7-9-19(10-8-18)16-24-21(23)4-2;1-3-5-14-24-19-12-10-18(11-13-19)22-21-17-8-6-16(7-9-17)15-25-20(23)4-2/h4,6-13,20H,2-3,5,14-18H2,1H3;2-14H,1,16H2;4,7-15H,2-3,5-6,16H2,1H3;4,6-13H,2-3,5,14-15H2,1H3. The number of carbonyl (C=O) groups is 4. The molecule has 0 aromatic heterocycles. The molecule has 0 saturated heterocycles. The molecule has 0 radical (unpaired) electrons. The lowest BCUT2D eigenvalue weighted by Gasteiger charge is -2.35. The van der Waals surface area contributed by atoms with Gasteiger partial charge in [-0.1, -0.05) is 230 Å². The zero-order valence-electron chi connectivity index (χ0n) is 59.8. The van der Waals surface area contributed by atoms with Gasteiger partial charge in [0.25, 0.3) is 0 Å². The molecule has 9 aromatic carbocycles. The van der Waals surface area contributed by atoms with Crippen LogP contribution >= 0.6 is 0 Å². The molecular weight excluding hydrogens is 1300 g/mol. The number of benzene rings is 9. The third kappa shape index (κ3) is 26.8. The highest BCUT2D eigenvalue weighted by atomic mass is 16.5. The quantitative estimate of drug-likeness (QED) is 0.0108. The number of nitrogens with zero attached hydrogens (tertiary/aromatic N) is 5. The summed E-state index contributed by atoms with van der Waals surface area (Å²) in [6.45, 7) is 21.7. The van der Waals surface area contributed by atoms with E-state index in [4.69, 9.17) is 28.9 Å². The molecule has 0 unspecified atom stereocenters. The largest absolute Gasteiger partial charge is 0.494 e. The van der Waals surface area contributed by atoms with Crippen LogP contribution in [0.3, 0.4) is 0 Å². The maximum absolute atomic E-state index is 11.2. The molecule has 0 bridgehead atoms. The van der Waals surface area contributed by atoms with Crippen LogP contribution in [0, 0.1) is 28.6 Å². The van der Waals surface area contributed by atoms with E-state index in [1.54, 1.807) is 0 Å².